The fraction of sp³-hybridized carbons (Fsp3) is 0.467. The number of fused-ring (bicyclic) bond motifs is 1. The van der Waals surface area contributed by atoms with Crippen LogP contribution >= 0.6 is 0 Å². The Labute approximate surface area is 112 Å². The van der Waals surface area contributed by atoms with Crippen molar-refractivity contribution in [3.63, 3.8) is 0 Å². The van der Waals surface area contributed by atoms with E-state index >= 15 is 0 Å². The molecule has 1 aliphatic carbocycles. The number of hydrogen-bond donors (Lipinski definition) is 1. The highest BCUT2D eigenvalue weighted by Gasteiger charge is 2.22. The summed E-state index contributed by atoms with van der Waals surface area (Å²) in [4.78, 5) is 11.8. The zero-order valence-corrected chi connectivity index (χ0v) is 11.0. The lowest BCUT2D eigenvalue weighted by atomic mass is 9.99. The molecule has 2 N–H and O–H groups in total. The predicted octanol–water partition coefficient (Wildman–Crippen LogP) is 1.91. The smallest absolute Gasteiger partial charge is 0.207 e. The third kappa shape index (κ3) is 2.40. The van der Waals surface area contributed by atoms with Gasteiger partial charge in [-0.05, 0) is 30.9 Å². The fourth-order valence-corrected chi connectivity index (χ4v) is 3.04. The Hall–Kier alpha value is -1.68. The van der Waals surface area contributed by atoms with Crippen LogP contribution in [0.25, 0.3) is 10.9 Å². The zero-order chi connectivity index (χ0) is 13.2. The topological polar surface area (TPSA) is 60.9 Å². The first kappa shape index (κ1) is 12.4. The number of nitrogens with two attached hydrogens (primary N) is 1. The minimum Gasteiger partial charge on any atom is -0.326 e. The number of aromatic nitrogens is 2. The van der Waals surface area contributed by atoms with Crippen molar-refractivity contribution in [1.82, 2.24) is 9.78 Å². The summed E-state index contributed by atoms with van der Waals surface area (Å²) in [6.07, 6.45) is 6.41. The van der Waals surface area contributed by atoms with Crippen LogP contribution in [0.15, 0.2) is 35.3 Å². The van der Waals surface area contributed by atoms with Crippen LogP contribution in [0.3, 0.4) is 0 Å². The molecule has 2 aromatic rings. The maximum atomic E-state index is 11.8. The first-order valence-electron chi connectivity index (χ1n) is 6.96. The van der Waals surface area contributed by atoms with Gasteiger partial charge in [0.2, 0.25) is 5.43 Å². The van der Waals surface area contributed by atoms with Crippen molar-refractivity contribution in [2.75, 3.05) is 0 Å². The summed E-state index contributed by atoms with van der Waals surface area (Å²) in [5.74, 6) is 0.597. The molecule has 0 radical (unpaired) electrons. The summed E-state index contributed by atoms with van der Waals surface area (Å²) in [6.45, 7) is 0.686. The summed E-state index contributed by atoms with van der Waals surface area (Å²) < 4.78 is 1.87. The number of rotatable bonds is 3. The second kappa shape index (κ2) is 5.13. The summed E-state index contributed by atoms with van der Waals surface area (Å²) >= 11 is 0. The van der Waals surface area contributed by atoms with Crippen LogP contribution in [0.2, 0.25) is 0 Å². The quantitative estimate of drug-likeness (QED) is 0.913. The zero-order valence-electron chi connectivity index (χ0n) is 11.0. The molecule has 1 unspecified atom stereocenters. The average Bonchev–Trinajstić information content (AvgIpc) is 2.96. The van der Waals surface area contributed by atoms with Crippen molar-refractivity contribution >= 4 is 10.9 Å². The molecule has 100 valence electrons. The van der Waals surface area contributed by atoms with Crippen molar-refractivity contribution in [3.05, 3.63) is 40.7 Å². The van der Waals surface area contributed by atoms with Crippen LogP contribution in [-0.2, 0) is 6.54 Å². The van der Waals surface area contributed by atoms with Gasteiger partial charge < -0.3 is 5.73 Å². The van der Waals surface area contributed by atoms with Gasteiger partial charge >= 0.3 is 0 Å². The van der Waals surface area contributed by atoms with Gasteiger partial charge in [-0.2, -0.15) is 5.10 Å². The number of para-hydroxylation sites is 1. The number of benzene rings is 1. The van der Waals surface area contributed by atoms with E-state index in [4.69, 9.17) is 5.73 Å². The Bertz CT molecular complexity index is 629. The van der Waals surface area contributed by atoms with Gasteiger partial charge in [-0.15, -0.1) is 0 Å². The van der Waals surface area contributed by atoms with Crippen molar-refractivity contribution in [2.45, 2.75) is 38.3 Å². The molecule has 0 amide bonds. The standard InChI is InChI=1S/C15H19N3O/c16-13(11-5-1-2-6-11)10-18-14-8-4-3-7-12(14)15(19)9-17-18/h3-4,7-9,11,13H,1-2,5-6,10,16H2. The molecular weight excluding hydrogens is 238 g/mol. The van der Waals surface area contributed by atoms with Gasteiger partial charge in [0.25, 0.3) is 0 Å². The molecule has 0 bridgehead atoms. The second-order valence-electron chi connectivity index (χ2n) is 5.42. The first-order chi connectivity index (χ1) is 9.25. The van der Waals surface area contributed by atoms with Crippen LogP contribution in [0, 0.1) is 5.92 Å². The Morgan fingerprint density at radius 1 is 1.32 bits per heavy atom. The normalized spacial score (nSPS) is 17.9. The molecule has 1 fully saturated rings. The monoisotopic (exact) mass is 257 g/mol. The minimum absolute atomic E-state index is 0.0266. The molecule has 0 saturated heterocycles. The summed E-state index contributed by atoms with van der Waals surface area (Å²) in [5.41, 5.74) is 7.15. The van der Waals surface area contributed by atoms with Crippen molar-refractivity contribution in [3.8, 4) is 0 Å². The molecule has 3 rings (SSSR count). The van der Waals surface area contributed by atoms with Gasteiger partial charge in [-0.1, -0.05) is 25.0 Å². The molecule has 1 atom stereocenters. The predicted molar refractivity (Wildman–Crippen MR) is 75.9 cm³/mol. The highest BCUT2D eigenvalue weighted by atomic mass is 16.1. The second-order valence-corrected chi connectivity index (χ2v) is 5.42. The van der Waals surface area contributed by atoms with Crippen molar-refractivity contribution < 1.29 is 0 Å². The maximum absolute atomic E-state index is 11.8. The van der Waals surface area contributed by atoms with Gasteiger partial charge in [-0.3, -0.25) is 9.48 Å². The SMILES string of the molecule is NC(Cn1ncc(=O)c2ccccc21)C1CCCC1. The molecular formula is C15H19N3O. The van der Waals surface area contributed by atoms with E-state index in [1.807, 2.05) is 28.9 Å². The van der Waals surface area contributed by atoms with E-state index in [1.54, 1.807) is 0 Å². The maximum Gasteiger partial charge on any atom is 0.207 e. The molecule has 0 spiro atoms. The summed E-state index contributed by atoms with van der Waals surface area (Å²) in [5, 5.41) is 4.96. The van der Waals surface area contributed by atoms with E-state index in [1.165, 1.54) is 31.9 Å². The molecule has 1 aliphatic rings. The highest BCUT2D eigenvalue weighted by Crippen LogP contribution is 2.27. The minimum atomic E-state index is -0.0266. The molecule has 4 heteroatoms. The molecule has 0 aliphatic heterocycles. The molecule has 1 aromatic carbocycles. The largest absolute Gasteiger partial charge is 0.326 e. The van der Waals surface area contributed by atoms with Crippen LogP contribution < -0.4 is 11.2 Å². The lowest BCUT2D eigenvalue weighted by Crippen LogP contribution is -2.34. The Kier molecular flexibility index (Phi) is 3.34. The van der Waals surface area contributed by atoms with Crippen LogP contribution in [0.4, 0.5) is 0 Å². The summed E-state index contributed by atoms with van der Waals surface area (Å²) in [7, 11) is 0. The third-order valence-electron chi connectivity index (χ3n) is 4.15. The molecule has 19 heavy (non-hydrogen) atoms. The lowest BCUT2D eigenvalue weighted by Gasteiger charge is -2.20. The fourth-order valence-electron chi connectivity index (χ4n) is 3.04. The Morgan fingerprint density at radius 3 is 2.84 bits per heavy atom. The molecule has 1 aromatic heterocycles. The average molecular weight is 257 g/mol. The summed E-state index contributed by atoms with van der Waals surface area (Å²) in [6, 6.07) is 7.72. The number of hydrogen-bond acceptors (Lipinski definition) is 3. The van der Waals surface area contributed by atoms with Crippen molar-refractivity contribution in [2.24, 2.45) is 11.7 Å². The van der Waals surface area contributed by atoms with Gasteiger partial charge in [0.05, 0.1) is 18.3 Å². The van der Waals surface area contributed by atoms with E-state index < -0.39 is 0 Å². The van der Waals surface area contributed by atoms with E-state index in [2.05, 4.69) is 5.10 Å². The first-order valence-corrected chi connectivity index (χ1v) is 6.96. The highest BCUT2D eigenvalue weighted by molar-refractivity contribution is 5.77. The van der Waals surface area contributed by atoms with E-state index in [0.717, 1.165) is 10.9 Å². The van der Waals surface area contributed by atoms with Crippen molar-refractivity contribution in [1.29, 1.82) is 0 Å². The number of nitrogens with zero attached hydrogens (tertiary/aromatic N) is 2. The molecule has 1 heterocycles. The Balaban J connectivity index is 1.92. The van der Waals surface area contributed by atoms with Crippen LogP contribution in [0.1, 0.15) is 25.7 Å². The Morgan fingerprint density at radius 2 is 2.05 bits per heavy atom. The van der Waals surface area contributed by atoms with Crippen LogP contribution in [0.5, 0.6) is 0 Å². The molecule has 1 saturated carbocycles. The van der Waals surface area contributed by atoms with Gasteiger partial charge in [0.15, 0.2) is 0 Å². The van der Waals surface area contributed by atoms with Gasteiger partial charge in [0, 0.05) is 11.4 Å². The van der Waals surface area contributed by atoms with E-state index in [9.17, 15) is 4.79 Å². The van der Waals surface area contributed by atoms with E-state index in [-0.39, 0.29) is 11.5 Å². The van der Waals surface area contributed by atoms with E-state index in [0.29, 0.717) is 12.5 Å². The van der Waals surface area contributed by atoms with Gasteiger partial charge in [-0.25, -0.2) is 0 Å². The van der Waals surface area contributed by atoms with Crippen LogP contribution in [-0.4, -0.2) is 15.8 Å². The lowest BCUT2D eigenvalue weighted by molar-refractivity contribution is 0.376. The third-order valence-corrected chi connectivity index (χ3v) is 4.15. The van der Waals surface area contributed by atoms with Gasteiger partial charge in [0.1, 0.15) is 0 Å². The molecule has 4 nitrogen and oxygen atoms in total.